The van der Waals surface area contributed by atoms with Crippen LogP contribution in [0.2, 0.25) is 5.02 Å². The molecule has 0 aromatic heterocycles. The lowest BCUT2D eigenvalue weighted by Gasteiger charge is -2.04. The molecule has 92 valence electrons. The third kappa shape index (κ3) is 3.79. The summed E-state index contributed by atoms with van der Waals surface area (Å²) in [7, 11) is 0. The van der Waals surface area contributed by atoms with E-state index >= 15 is 0 Å². The quantitative estimate of drug-likeness (QED) is 0.914. The Labute approximate surface area is 115 Å². The van der Waals surface area contributed by atoms with E-state index in [0.29, 0.717) is 5.02 Å². The number of benzene rings is 2. The Balaban J connectivity index is 2.13. The number of halogens is 1. The van der Waals surface area contributed by atoms with E-state index in [1.807, 2.05) is 48.5 Å². The van der Waals surface area contributed by atoms with E-state index in [0.717, 1.165) is 15.4 Å². The SMILES string of the molecule is O=C(O)Cc1cccc(Sc2ccc(Cl)cc2)c1. The molecule has 18 heavy (non-hydrogen) atoms. The topological polar surface area (TPSA) is 37.3 Å². The van der Waals surface area contributed by atoms with Crippen molar-refractivity contribution in [2.75, 3.05) is 0 Å². The maximum absolute atomic E-state index is 10.7. The molecule has 0 radical (unpaired) electrons. The van der Waals surface area contributed by atoms with Crippen molar-refractivity contribution in [1.82, 2.24) is 0 Å². The van der Waals surface area contributed by atoms with Crippen LogP contribution in [0.25, 0.3) is 0 Å². The van der Waals surface area contributed by atoms with Gasteiger partial charge in [0, 0.05) is 14.8 Å². The molecule has 0 aliphatic heterocycles. The molecule has 2 nitrogen and oxygen atoms in total. The molecule has 2 aromatic carbocycles. The molecule has 2 rings (SSSR count). The van der Waals surface area contributed by atoms with Crippen molar-refractivity contribution in [3.63, 3.8) is 0 Å². The van der Waals surface area contributed by atoms with Gasteiger partial charge in [0.1, 0.15) is 0 Å². The summed E-state index contributed by atoms with van der Waals surface area (Å²) in [5, 5.41) is 9.46. The van der Waals surface area contributed by atoms with E-state index in [1.54, 1.807) is 11.8 Å². The molecule has 4 heteroatoms. The van der Waals surface area contributed by atoms with Gasteiger partial charge in [-0.3, -0.25) is 4.79 Å². The number of carbonyl (C=O) groups is 1. The third-order valence-corrected chi connectivity index (χ3v) is 3.55. The fraction of sp³-hybridized carbons (Fsp3) is 0.0714. The van der Waals surface area contributed by atoms with Crippen LogP contribution in [-0.2, 0) is 11.2 Å². The monoisotopic (exact) mass is 278 g/mol. The van der Waals surface area contributed by atoms with Gasteiger partial charge in [-0.1, -0.05) is 35.5 Å². The van der Waals surface area contributed by atoms with Gasteiger partial charge in [-0.2, -0.15) is 0 Å². The van der Waals surface area contributed by atoms with Crippen LogP contribution < -0.4 is 0 Å². The number of hydrogen-bond donors (Lipinski definition) is 1. The molecular formula is C14H11ClO2S. The minimum absolute atomic E-state index is 0.0506. The average Bonchev–Trinajstić information content (AvgIpc) is 2.32. The maximum atomic E-state index is 10.7. The van der Waals surface area contributed by atoms with Crippen LogP contribution in [0.5, 0.6) is 0 Å². The normalized spacial score (nSPS) is 10.3. The lowest BCUT2D eigenvalue weighted by atomic mass is 10.2. The van der Waals surface area contributed by atoms with Crippen LogP contribution in [0.3, 0.4) is 0 Å². The van der Waals surface area contributed by atoms with Crippen LogP contribution in [0.1, 0.15) is 5.56 Å². The molecule has 1 N–H and O–H groups in total. The zero-order valence-electron chi connectivity index (χ0n) is 9.47. The van der Waals surface area contributed by atoms with Gasteiger partial charge in [-0.15, -0.1) is 0 Å². The van der Waals surface area contributed by atoms with Crippen molar-refractivity contribution in [2.24, 2.45) is 0 Å². The van der Waals surface area contributed by atoms with Gasteiger partial charge in [-0.25, -0.2) is 0 Å². The first-order chi connectivity index (χ1) is 8.63. The molecule has 0 saturated carbocycles. The van der Waals surface area contributed by atoms with Gasteiger partial charge in [-0.05, 0) is 42.0 Å². The average molecular weight is 279 g/mol. The van der Waals surface area contributed by atoms with Crippen LogP contribution >= 0.6 is 23.4 Å². The first kappa shape index (κ1) is 13.0. The van der Waals surface area contributed by atoms with Gasteiger partial charge < -0.3 is 5.11 Å². The number of hydrogen-bond acceptors (Lipinski definition) is 2. The Morgan fingerprint density at radius 2 is 1.83 bits per heavy atom. The van der Waals surface area contributed by atoms with Crippen molar-refractivity contribution in [3.05, 3.63) is 59.1 Å². The first-order valence-electron chi connectivity index (χ1n) is 5.37. The zero-order valence-corrected chi connectivity index (χ0v) is 11.0. The fourth-order valence-corrected chi connectivity index (χ4v) is 2.56. The van der Waals surface area contributed by atoms with Gasteiger partial charge in [0.15, 0.2) is 0 Å². The molecule has 0 heterocycles. The Bertz CT molecular complexity index is 552. The highest BCUT2D eigenvalue weighted by Crippen LogP contribution is 2.29. The third-order valence-electron chi connectivity index (χ3n) is 2.30. The molecule has 0 bridgehead atoms. The molecule has 0 aliphatic carbocycles. The van der Waals surface area contributed by atoms with Gasteiger partial charge >= 0.3 is 5.97 Å². The van der Waals surface area contributed by atoms with Crippen LogP contribution in [0.4, 0.5) is 0 Å². The molecule has 2 aromatic rings. The van der Waals surface area contributed by atoms with Gasteiger partial charge in [0.2, 0.25) is 0 Å². The minimum atomic E-state index is -0.816. The number of carboxylic acids is 1. The second-order valence-corrected chi connectivity index (χ2v) is 5.36. The second kappa shape index (κ2) is 5.94. The molecule has 0 aliphatic rings. The Morgan fingerprint density at radius 1 is 1.11 bits per heavy atom. The number of rotatable bonds is 4. The zero-order chi connectivity index (χ0) is 13.0. The Morgan fingerprint density at radius 3 is 2.50 bits per heavy atom. The lowest BCUT2D eigenvalue weighted by molar-refractivity contribution is -0.136. The van der Waals surface area contributed by atoms with E-state index in [9.17, 15) is 4.79 Å². The summed E-state index contributed by atoms with van der Waals surface area (Å²) in [6.07, 6.45) is 0.0506. The number of aliphatic carboxylic acids is 1. The Hall–Kier alpha value is -1.45. The highest BCUT2D eigenvalue weighted by molar-refractivity contribution is 7.99. The largest absolute Gasteiger partial charge is 0.481 e. The summed E-state index contributed by atoms with van der Waals surface area (Å²) in [5.74, 6) is -0.816. The smallest absolute Gasteiger partial charge is 0.307 e. The van der Waals surface area contributed by atoms with Crippen LogP contribution in [-0.4, -0.2) is 11.1 Å². The van der Waals surface area contributed by atoms with E-state index in [-0.39, 0.29) is 6.42 Å². The van der Waals surface area contributed by atoms with Crippen molar-refractivity contribution in [3.8, 4) is 0 Å². The summed E-state index contributed by atoms with van der Waals surface area (Å²) >= 11 is 7.41. The van der Waals surface area contributed by atoms with Crippen LogP contribution in [0.15, 0.2) is 58.3 Å². The highest BCUT2D eigenvalue weighted by atomic mass is 35.5. The highest BCUT2D eigenvalue weighted by Gasteiger charge is 2.02. The molecular weight excluding hydrogens is 268 g/mol. The summed E-state index contributed by atoms with van der Waals surface area (Å²) < 4.78 is 0. The van der Waals surface area contributed by atoms with Crippen molar-refractivity contribution >= 4 is 29.3 Å². The van der Waals surface area contributed by atoms with E-state index in [2.05, 4.69) is 0 Å². The summed E-state index contributed by atoms with van der Waals surface area (Å²) in [4.78, 5) is 12.8. The molecule has 0 saturated heterocycles. The second-order valence-electron chi connectivity index (χ2n) is 3.77. The molecule has 0 unspecified atom stereocenters. The molecule has 0 spiro atoms. The fourth-order valence-electron chi connectivity index (χ4n) is 1.53. The number of carboxylic acid groups (broad SMARTS) is 1. The first-order valence-corrected chi connectivity index (χ1v) is 6.57. The van der Waals surface area contributed by atoms with Crippen LogP contribution in [0, 0.1) is 0 Å². The van der Waals surface area contributed by atoms with Crippen molar-refractivity contribution < 1.29 is 9.90 Å². The van der Waals surface area contributed by atoms with E-state index in [1.165, 1.54) is 0 Å². The molecule has 0 atom stereocenters. The van der Waals surface area contributed by atoms with E-state index in [4.69, 9.17) is 16.7 Å². The molecule has 0 fully saturated rings. The Kier molecular flexibility index (Phi) is 4.28. The van der Waals surface area contributed by atoms with Crippen molar-refractivity contribution in [2.45, 2.75) is 16.2 Å². The lowest BCUT2D eigenvalue weighted by Crippen LogP contribution is -1.99. The summed E-state index contributed by atoms with van der Waals surface area (Å²) in [5.41, 5.74) is 0.807. The molecule has 0 amide bonds. The van der Waals surface area contributed by atoms with Gasteiger partial charge in [0.05, 0.1) is 6.42 Å². The van der Waals surface area contributed by atoms with Crippen molar-refractivity contribution in [1.29, 1.82) is 0 Å². The predicted molar refractivity (Wildman–Crippen MR) is 73.4 cm³/mol. The summed E-state index contributed by atoms with van der Waals surface area (Å²) in [6, 6.07) is 15.1. The van der Waals surface area contributed by atoms with Gasteiger partial charge in [0.25, 0.3) is 0 Å². The maximum Gasteiger partial charge on any atom is 0.307 e. The standard InChI is InChI=1S/C14H11ClO2S/c15-11-4-6-12(7-5-11)18-13-3-1-2-10(8-13)9-14(16)17/h1-8H,9H2,(H,16,17). The van der Waals surface area contributed by atoms with E-state index < -0.39 is 5.97 Å². The summed E-state index contributed by atoms with van der Waals surface area (Å²) in [6.45, 7) is 0. The predicted octanol–water partition coefficient (Wildman–Crippen LogP) is 4.12. The minimum Gasteiger partial charge on any atom is -0.481 e.